The Morgan fingerprint density at radius 3 is 2.58 bits per heavy atom. The fourth-order valence-corrected chi connectivity index (χ4v) is 4.54. The maximum absolute atomic E-state index is 13.4. The minimum absolute atomic E-state index is 0.134. The summed E-state index contributed by atoms with van der Waals surface area (Å²) in [6.07, 6.45) is 1.31. The SMILES string of the molecule is CN1CCN(c2ccc3cc4c(=O)c(C(=O)O)cn(C)c4nc3c2)CC1c1ccc(F)cc1. The van der Waals surface area contributed by atoms with Gasteiger partial charge in [0.05, 0.1) is 16.9 Å². The van der Waals surface area contributed by atoms with Crippen LogP contribution in [0.25, 0.3) is 21.9 Å². The molecule has 1 fully saturated rings. The lowest BCUT2D eigenvalue weighted by Gasteiger charge is -2.41. The van der Waals surface area contributed by atoms with E-state index in [1.165, 1.54) is 18.3 Å². The van der Waals surface area contributed by atoms with Gasteiger partial charge in [-0.15, -0.1) is 0 Å². The summed E-state index contributed by atoms with van der Waals surface area (Å²) in [6, 6.07) is 14.4. The van der Waals surface area contributed by atoms with Crippen molar-refractivity contribution in [2.45, 2.75) is 6.04 Å². The smallest absolute Gasteiger partial charge is 0.341 e. The standard InChI is InChI=1S/C25H23FN4O3/c1-28-9-10-30(14-22(28)15-3-6-17(26)7-4-15)18-8-5-16-11-19-23(31)20(25(32)33)13-29(2)24(19)27-21(16)12-18/h3-8,11-13,22H,9-10,14H2,1-2H3,(H,32,33). The third-order valence-electron chi connectivity index (χ3n) is 6.43. The number of benzene rings is 2. The molecule has 1 aliphatic heterocycles. The predicted molar refractivity (Wildman–Crippen MR) is 125 cm³/mol. The molecular formula is C25H23FN4O3. The Morgan fingerprint density at radius 1 is 1.09 bits per heavy atom. The number of carbonyl (C=O) groups is 1. The number of aromatic nitrogens is 2. The van der Waals surface area contributed by atoms with Gasteiger partial charge in [0.15, 0.2) is 0 Å². The second-order valence-electron chi connectivity index (χ2n) is 8.52. The summed E-state index contributed by atoms with van der Waals surface area (Å²) < 4.78 is 15.0. The lowest BCUT2D eigenvalue weighted by atomic mass is 10.0. The van der Waals surface area contributed by atoms with Crippen LogP contribution < -0.4 is 10.3 Å². The molecule has 0 radical (unpaired) electrons. The largest absolute Gasteiger partial charge is 0.477 e. The molecule has 0 bridgehead atoms. The van der Waals surface area contributed by atoms with Crippen LogP contribution in [0.3, 0.4) is 0 Å². The molecule has 1 saturated heterocycles. The van der Waals surface area contributed by atoms with E-state index in [9.17, 15) is 19.1 Å². The first-order chi connectivity index (χ1) is 15.8. The molecule has 5 rings (SSSR count). The first-order valence-corrected chi connectivity index (χ1v) is 10.7. The fourth-order valence-electron chi connectivity index (χ4n) is 4.54. The Kier molecular flexibility index (Phi) is 5.09. The van der Waals surface area contributed by atoms with E-state index in [0.29, 0.717) is 5.65 Å². The van der Waals surface area contributed by atoms with Crippen molar-refractivity contribution in [3.63, 3.8) is 0 Å². The van der Waals surface area contributed by atoms with Crippen molar-refractivity contribution >= 4 is 33.6 Å². The summed E-state index contributed by atoms with van der Waals surface area (Å²) in [7, 11) is 3.76. The Morgan fingerprint density at radius 2 is 1.85 bits per heavy atom. The van der Waals surface area contributed by atoms with E-state index < -0.39 is 11.4 Å². The van der Waals surface area contributed by atoms with Crippen LogP contribution in [-0.4, -0.2) is 52.2 Å². The van der Waals surface area contributed by atoms with Crippen LogP contribution in [0.2, 0.25) is 0 Å². The molecule has 1 N–H and O–H groups in total. The molecule has 0 aliphatic carbocycles. The van der Waals surface area contributed by atoms with Gasteiger partial charge in [0.1, 0.15) is 17.0 Å². The minimum Gasteiger partial charge on any atom is -0.477 e. The topological polar surface area (TPSA) is 78.7 Å². The van der Waals surface area contributed by atoms with Gasteiger partial charge < -0.3 is 14.6 Å². The average Bonchev–Trinajstić information content (AvgIpc) is 2.81. The minimum atomic E-state index is -1.25. The highest BCUT2D eigenvalue weighted by Gasteiger charge is 2.26. The van der Waals surface area contributed by atoms with Gasteiger partial charge in [-0.05, 0) is 42.9 Å². The monoisotopic (exact) mass is 446 g/mol. The third kappa shape index (κ3) is 3.72. The van der Waals surface area contributed by atoms with Gasteiger partial charge in [-0.2, -0.15) is 0 Å². The summed E-state index contributed by atoms with van der Waals surface area (Å²) >= 11 is 0. The normalized spacial score (nSPS) is 17.1. The van der Waals surface area contributed by atoms with Gasteiger partial charge in [-0.3, -0.25) is 9.69 Å². The van der Waals surface area contributed by atoms with E-state index in [2.05, 4.69) is 21.8 Å². The van der Waals surface area contributed by atoms with Crippen molar-refractivity contribution in [2.24, 2.45) is 7.05 Å². The van der Waals surface area contributed by atoms with E-state index in [1.54, 1.807) is 17.7 Å². The number of rotatable bonds is 3. The van der Waals surface area contributed by atoms with Crippen molar-refractivity contribution in [1.82, 2.24) is 14.5 Å². The maximum atomic E-state index is 13.4. The average molecular weight is 446 g/mol. The number of aromatic carboxylic acids is 1. The van der Waals surface area contributed by atoms with E-state index in [0.717, 1.165) is 41.8 Å². The zero-order valence-electron chi connectivity index (χ0n) is 18.3. The molecule has 1 unspecified atom stereocenters. The number of hydrogen-bond donors (Lipinski definition) is 1. The van der Waals surface area contributed by atoms with E-state index in [1.807, 2.05) is 30.3 Å². The maximum Gasteiger partial charge on any atom is 0.341 e. The molecule has 8 heteroatoms. The van der Waals surface area contributed by atoms with Gasteiger partial charge >= 0.3 is 5.97 Å². The highest BCUT2D eigenvalue weighted by molar-refractivity contribution is 5.96. The fraction of sp³-hybridized carbons (Fsp3) is 0.240. The first kappa shape index (κ1) is 21.1. The molecule has 2 aromatic carbocycles. The van der Waals surface area contributed by atoms with Crippen molar-refractivity contribution in [3.8, 4) is 0 Å². The summed E-state index contributed by atoms with van der Waals surface area (Å²) in [5.74, 6) is -1.49. The summed E-state index contributed by atoms with van der Waals surface area (Å²) in [6.45, 7) is 2.45. The summed E-state index contributed by atoms with van der Waals surface area (Å²) in [5, 5.41) is 10.4. The molecule has 168 valence electrons. The Labute approximate surface area is 189 Å². The van der Waals surface area contributed by atoms with E-state index >= 15 is 0 Å². The number of likely N-dealkylation sites (N-methyl/N-ethyl adjacent to an activating group) is 1. The predicted octanol–water partition coefficient (Wildman–Crippen LogP) is 3.42. The van der Waals surface area contributed by atoms with Crippen LogP contribution in [0.4, 0.5) is 10.1 Å². The Balaban J connectivity index is 1.53. The van der Waals surface area contributed by atoms with Crippen molar-refractivity contribution in [2.75, 3.05) is 31.6 Å². The van der Waals surface area contributed by atoms with Gasteiger partial charge in [0.2, 0.25) is 5.43 Å². The molecule has 2 aromatic heterocycles. The molecular weight excluding hydrogens is 423 g/mol. The van der Waals surface area contributed by atoms with Crippen LogP contribution in [0.1, 0.15) is 22.0 Å². The Hall–Kier alpha value is -3.78. The molecule has 7 nitrogen and oxygen atoms in total. The van der Waals surface area contributed by atoms with Gasteiger partial charge in [0, 0.05) is 44.0 Å². The van der Waals surface area contributed by atoms with Crippen LogP contribution in [0.15, 0.2) is 59.5 Å². The summed E-state index contributed by atoms with van der Waals surface area (Å²) in [5.41, 5.74) is 2.45. The van der Waals surface area contributed by atoms with Gasteiger partial charge in [-0.1, -0.05) is 18.2 Å². The van der Waals surface area contributed by atoms with Crippen molar-refractivity contribution in [1.29, 1.82) is 0 Å². The molecule has 0 spiro atoms. The van der Waals surface area contributed by atoms with Crippen LogP contribution >= 0.6 is 0 Å². The first-order valence-electron chi connectivity index (χ1n) is 10.7. The van der Waals surface area contributed by atoms with E-state index in [4.69, 9.17) is 0 Å². The molecule has 0 saturated carbocycles. The van der Waals surface area contributed by atoms with Crippen molar-refractivity contribution < 1.29 is 14.3 Å². The molecule has 4 aromatic rings. The van der Waals surface area contributed by atoms with Gasteiger partial charge in [0.25, 0.3) is 0 Å². The lowest BCUT2D eigenvalue weighted by Crippen LogP contribution is -2.46. The van der Waals surface area contributed by atoms with Crippen molar-refractivity contribution in [3.05, 3.63) is 81.9 Å². The number of carboxylic acids is 1. The third-order valence-corrected chi connectivity index (χ3v) is 6.43. The molecule has 1 atom stereocenters. The molecule has 1 aliphatic rings. The number of piperazine rings is 1. The van der Waals surface area contributed by atoms with E-state index in [-0.39, 0.29) is 22.8 Å². The number of anilines is 1. The number of carboxylic acid groups (broad SMARTS) is 1. The number of fused-ring (bicyclic) bond motifs is 2. The quantitative estimate of drug-likeness (QED) is 0.486. The number of halogens is 1. The van der Waals surface area contributed by atoms with Gasteiger partial charge in [-0.25, -0.2) is 14.2 Å². The number of nitrogens with zero attached hydrogens (tertiary/aromatic N) is 4. The zero-order valence-corrected chi connectivity index (χ0v) is 18.3. The van der Waals surface area contributed by atoms with Crippen LogP contribution in [0.5, 0.6) is 0 Å². The number of aryl methyl sites for hydroxylation is 1. The number of pyridine rings is 2. The highest BCUT2D eigenvalue weighted by Crippen LogP contribution is 2.30. The second kappa shape index (κ2) is 7.97. The summed E-state index contributed by atoms with van der Waals surface area (Å²) in [4.78, 5) is 33.3. The molecule has 33 heavy (non-hydrogen) atoms. The van der Waals surface area contributed by atoms with Crippen LogP contribution in [0, 0.1) is 5.82 Å². The van der Waals surface area contributed by atoms with Crippen LogP contribution in [-0.2, 0) is 7.05 Å². The highest BCUT2D eigenvalue weighted by atomic mass is 19.1. The second-order valence-corrected chi connectivity index (χ2v) is 8.52. The molecule has 0 amide bonds. The molecule has 3 heterocycles. The number of hydrogen-bond acceptors (Lipinski definition) is 5. The Bertz CT molecular complexity index is 1450. The zero-order chi connectivity index (χ0) is 23.3. The lowest BCUT2D eigenvalue weighted by molar-refractivity contribution is 0.0695.